The predicted molar refractivity (Wildman–Crippen MR) is 161 cm³/mol. The van der Waals surface area contributed by atoms with Gasteiger partial charge >= 0.3 is 6.09 Å². The highest BCUT2D eigenvalue weighted by molar-refractivity contribution is 9.10. The number of piperidine rings is 1. The van der Waals surface area contributed by atoms with Crippen molar-refractivity contribution < 1.29 is 24.2 Å². The van der Waals surface area contributed by atoms with E-state index in [-0.39, 0.29) is 18.1 Å². The Labute approximate surface area is 257 Å². The fraction of sp³-hybridized carbons (Fsp3) is 0.536. The van der Waals surface area contributed by atoms with Gasteiger partial charge in [0.05, 0.1) is 12.2 Å². The van der Waals surface area contributed by atoms with Crippen molar-refractivity contribution in [3.8, 4) is 23.0 Å². The second-order valence-electron chi connectivity index (χ2n) is 11.9. The number of imidazole rings is 1. The number of ether oxygens (including phenoxy) is 2. The molecule has 0 saturated carbocycles. The molecule has 0 radical (unpaired) electrons. The van der Waals surface area contributed by atoms with Gasteiger partial charge in [0.15, 0.2) is 34.0 Å². The molecule has 4 heterocycles. The van der Waals surface area contributed by atoms with Gasteiger partial charge in [0, 0.05) is 35.0 Å². The van der Waals surface area contributed by atoms with Crippen molar-refractivity contribution in [3.05, 3.63) is 22.9 Å². The monoisotopic (exact) mass is 661 g/mol. The number of carbonyl (C=O) groups excluding carboxylic acids is 1. The van der Waals surface area contributed by atoms with Crippen LogP contribution >= 0.6 is 27.7 Å². The number of amides is 2. The minimum Gasteiger partial charge on any atom is -0.465 e. The van der Waals surface area contributed by atoms with Crippen LogP contribution in [-0.4, -0.2) is 67.5 Å². The van der Waals surface area contributed by atoms with Crippen molar-refractivity contribution in [2.45, 2.75) is 69.6 Å². The Hall–Kier alpha value is -3.26. The molecular weight excluding hydrogens is 626 g/mol. The van der Waals surface area contributed by atoms with Crippen molar-refractivity contribution >= 4 is 45.5 Å². The Bertz CT molecular complexity index is 1440. The van der Waals surface area contributed by atoms with Crippen LogP contribution in [0, 0.1) is 17.3 Å². The van der Waals surface area contributed by atoms with Gasteiger partial charge in [0.25, 0.3) is 0 Å². The summed E-state index contributed by atoms with van der Waals surface area (Å²) < 4.78 is 13.8. The van der Waals surface area contributed by atoms with Crippen LogP contribution < -0.4 is 20.5 Å². The zero-order chi connectivity index (χ0) is 30.2. The van der Waals surface area contributed by atoms with E-state index in [4.69, 9.17) is 20.2 Å². The molecule has 0 spiro atoms. The van der Waals surface area contributed by atoms with Crippen molar-refractivity contribution in [1.29, 1.82) is 0 Å². The number of benzene rings is 1. The van der Waals surface area contributed by atoms with Crippen LogP contribution in [0.5, 0.6) is 11.5 Å². The van der Waals surface area contributed by atoms with Crippen LogP contribution in [0.2, 0.25) is 0 Å². The van der Waals surface area contributed by atoms with E-state index < -0.39 is 18.1 Å². The molecular formula is C28H36BrN7O5S. The van der Waals surface area contributed by atoms with Gasteiger partial charge in [0.2, 0.25) is 12.7 Å². The molecule has 4 aliphatic heterocycles. The number of nitrogens with one attached hydrogen (secondary N) is 1. The van der Waals surface area contributed by atoms with Crippen molar-refractivity contribution in [1.82, 2.24) is 29.7 Å². The Morgan fingerprint density at radius 1 is 1.21 bits per heavy atom. The fourth-order valence-corrected chi connectivity index (χ4v) is 6.99. The van der Waals surface area contributed by atoms with Crippen molar-refractivity contribution in [3.63, 3.8) is 0 Å². The molecule has 4 N–H and O–H groups in total. The van der Waals surface area contributed by atoms with Gasteiger partial charge in [-0.05, 0) is 70.4 Å². The quantitative estimate of drug-likeness (QED) is 0.302. The number of carbonyl (C=O) groups is 2. The molecule has 0 aromatic heterocycles. The van der Waals surface area contributed by atoms with Gasteiger partial charge in [-0.3, -0.25) is 4.79 Å². The lowest BCUT2D eigenvalue weighted by atomic mass is 9.78. The van der Waals surface area contributed by atoms with E-state index in [0.717, 1.165) is 28.6 Å². The van der Waals surface area contributed by atoms with E-state index in [1.807, 2.05) is 49.3 Å². The molecule has 5 rings (SSSR count). The predicted octanol–water partition coefficient (Wildman–Crippen LogP) is 4.95. The summed E-state index contributed by atoms with van der Waals surface area (Å²) in [5, 5.41) is 12.4. The molecule has 1 fully saturated rings. The Morgan fingerprint density at radius 2 is 1.90 bits per heavy atom. The highest BCUT2D eigenvalue weighted by Gasteiger charge is 2.37. The van der Waals surface area contributed by atoms with Crippen LogP contribution in [0.3, 0.4) is 0 Å². The molecule has 42 heavy (non-hydrogen) atoms. The Kier molecular flexibility index (Phi) is 8.74. The highest BCUT2D eigenvalue weighted by atomic mass is 79.9. The number of anilines is 1. The minimum atomic E-state index is -1.11. The average molecular weight is 663 g/mol. The molecule has 0 aliphatic carbocycles. The molecule has 4 aliphatic rings. The summed E-state index contributed by atoms with van der Waals surface area (Å²) >= 11 is 4.99. The first-order valence-corrected chi connectivity index (χ1v) is 15.5. The fourth-order valence-electron chi connectivity index (χ4n) is 5.64. The zero-order valence-electron chi connectivity index (χ0n) is 24.1. The van der Waals surface area contributed by atoms with Crippen LogP contribution in [0.25, 0.3) is 11.5 Å². The first-order chi connectivity index (χ1) is 19.9. The summed E-state index contributed by atoms with van der Waals surface area (Å²) in [6.07, 6.45) is 3.25. The number of fused-ring (bicyclic) bond motifs is 2. The standard InChI is InChI=1S/C28H36BrN7O5S/c1-15(22(28(2,3)4)33-27(38)39)25(37)35-8-5-16(6-9-35)7-10-36-13-31-23(30)21-24(36)34-26(32-21)42-20-12-19-18(11-17(20)29)40-14-41-19/h11-13,15-16,22,33H,5-10,14,30H2,1-4H3,(H,38,39)/t15-,22?/m0/s1. The van der Waals surface area contributed by atoms with Gasteiger partial charge in [0.1, 0.15) is 0 Å². The average Bonchev–Trinajstić information content (AvgIpc) is 3.58. The number of halogens is 1. The molecule has 14 heteroatoms. The largest absolute Gasteiger partial charge is 0.465 e. The number of likely N-dealkylation sites (tertiary alicyclic amines) is 1. The van der Waals surface area contributed by atoms with Crippen LogP contribution in [0.4, 0.5) is 10.6 Å². The second kappa shape index (κ2) is 12.2. The summed E-state index contributed by atoms with van der Waals surface area (Å²) in [6.45, 7) is 9.85. The molecule has 2 atom stereocenters. The van der Waals surface area contributed by atoms with Crippen LogP contribution in [0.1, 0.15) is 47.0 Å². The molecule has 2 amide bonds. The number of nitrogen functional groups attached to an aromatic ring is 1. The smallest absolute Gasteiger partial charge is 0.404 e. The van der Waals surface area contributed by atoms with E-state index in [0.29, 0.717) is 59.5 Å². The van der Waals surface area contributed by atoms with E-state index in [1.54, 1.807) is 6.33 Å². The number of carboxylic acid groups (broad SMARTS) is 1. The zero-order valence-corrected chi connectivity index (χ0v) is 26.5. The van der Waals surface area contributed by atoms with Crippen molar-refractivity contribution in [2.24, 2.45) is 17.3 Å². The highest BCUT2D eigenvalue weighted by Crippen LogP contribution is 2.43. The number of aryl methyl sites for hydroxylation is 1. The Morgan fingerprint density at radius 3 is 2.57 bits per heavy atom. The maximum atomic E-state index is 13.3. The summed E-state index contributed by atoms with van der Waals surface area (Å²) in [4.78, 5) is 41.2. The molecule has 1 saturated heterocycles. The number of hydrogen-bond acceptors (Lipinski definition) is 9. The van der Waals surface area contributed by atoms with Gasteiger partial charge in [-0.15, -0.1) is 0 Å². The number of hydrogen-bond donors (Lipinski definition) is 3. The normalized spacial score (nSPS) is 16.9. The van der Waals surface area contributed by atoms with E-state index in [2.05, 4.69) is 31.2 Å². The lowest BCUT2D eigenvalue weighted by Gasteiger charge is -2.39. The van der Waals surface area contributed by atoms with E-state index in [1.165, 1.54) is 11.8 Å². The maximum absolute atomic E-state index is 13.3. The van der Waals surface area contributed by atoms with E-state index >= 15 is 0 Å². The number of rotatable bonds is 8. The maximum Gasteiger partial charge on any atom is 0.404 e. The summed E-state index contributed by atoms with van der Waals surface area (Å²) in [6, 6.07) is 3.30. The van der Waals surface area contributed by atoms with Crippen LogP contribution in [-0.2, 0) is 11.3 Å². The summed E-state index contributed by atoms with van der Waals surface area (Å²) in [7, 11) is 0. The molecule has 226 valence electrons. The van der Waals surface area contributed by atoms with Gasteiger partial charge in [-0.25, -0.2) is 19.7 Å². The third-order valence-corrected chi connectivity index (χ3v) is 9.75. The lowest BCUT2D eigenvalue weighted by molar-refractivity contribution is -0.138. The Balaban J connectivity index is 1.20. The summed E-state index contributed by atoms with van der Waals surface area (Å²) in [5.74, 6) is 2.36. The first kappa shape index (κ1) is 30.2. The lowest BCUT2D eigenvalue weighted by Crippen LogP contribution is -2.53. The van der Waals surface area contributed by atoms with Gasteiger partial charge in [-0.2, -0.15) is 0 Å². The summed E-state index contributed by atoms with van der Waals surface area (Å²) in [5.41, 5.74) is 6.34. The van der Waals surface area contributed by atoms with Gasteiger partial charge in [-0.1, -0.05) is 27.7 Å². The molecule has 1 aromatic rings. The van der Waals surface area contributed by atoms with Crippen molar-refractivity contribution in [2.75, 3.05) is 25.6 Å². The van der Waals surface area contributed by atoms with E-state index in [9.17, 15) is 14.7 Å². The third kappa shape index (κ3) is 6.54. The number of nitrogens with zero attached hydrogens (tertiary/aromatic N) is 5. The minimum absolute atomic E-state index is 0.00729. The van der Waals surface area contributed by atoms with Gasteiger partial charge < -0.3 is 35.1 Å². The number of nitrogens with two attached hydrogens (primary N) is 1. The topological polar surface area (TPSA) is 158 Å². The second-order valence-corrected chi connectivity index (χ2v) is 13.7. The first-order valence-electron chi connectivity index (χ1n) is 13.9. The number of aromatic nitrogens is 4. The van der Waals surface area contributed by atoms with Crippen LogP contribution in [0.15, 0.2) is 33.0 Å². The third-order valence-electron chi connectivity index (χ3n) is 7.91. The molecule has 1 aromatic carbocycles. The SMILES string of the molecule is C[C@H](C(=O)N1CCC(CCn2cnc(N)c3nc(Sc4cc5c(cc4Br)OCO5)nc2-3)CC1)C(NC(=O)O)C(C)(C)C. The molecule has 0 bridgehead atoms. The molecule has 12 nitrogen and oxygen atoms in total. The molecule has 1 unspecified atom stereocenters.